The maximum absolute atomic E-state index is 13.8. The van der Waals surface area contributed by atoms with E-state index in [1.807, 2.05) is 19.1 Å². The third kappa shape index (κ3) is 4.61. The van der Waals surface area contributed by atoms with E-state index in [4.69, 9.17) is 0 Å². The number of sulfonamides is 1. The van der Waals surface area contributed by atoms with E-state index in [-0.39, 0.29) is 12.0 Å². The van der Waals surface area contributed by atoms with Crippen molar-refractivity contribution in [3.63, 3.8) is 0 Å². The van der Waals surface area contributed by atoms with Gasteiger partial charge in [0.05, 0.1) is 19.0 Å². The van der Waals surface area contributed by atoms with Gasteiger partial charge in [-0.3, -0.25) is 0 Å². The lowest BCUT2D eigenvalue weighted by molar-refractivity contribution is 0.396. The highest BCUT2D eigenvalue weighted by Gasteiger charge is 2.41. The van der Waals surface area contributed by atoms with Crippen LogP contribution in [-0.4, -0.2) is 27.3 Å². The van der Waals surface area contributed by atoms with Gasteiger partial charge in [-0.05, 0) is 49.4 Å². The molecule has 0 saturated carbocycles. The first-order chi connectivity index (χ1) is 15.1. The molecule has 4 rings (SSSR count). The smallest absolute Gasteiger partial charge is 0.207 e. The molecule has 0 spiro atoms. The first-order valence-electron chi connectivity index (χ1n) is 11.3. The second kappa shape index (κ2) is 8.62. The number of hydrogen-bond donors (Lipinski definition) is 0. The van der Waals surface area contributed by atoms with Crippen LogP contribution in [0.4, 0.5) is 0 Å². The van der Waals surface area contributed by atoms with Crippen LogP contribution < -0.4 is 5.19 Å². The van der Waals surface area contributed by atoms with Crippen LogP contribution in [0, 0.1) is 13.8 Å². The van der Waals surface area contributed by atoms with Crippen molar-refractivity contribution in [3.05, 3.63) is 95.1 Å². The van der Waals surface area contributed by atoms with Crippen molar-refractivity contribution >= 4 is 23.3 Å². The zero-order valence-corrected chi connectivity index (χ0v) is 21.5. The molecular weight excluding hydrogens is 430 g/mol. The average Bonchev–Trinajstić information content (AvgIpc) is 3.20. The van der Waals surface area contributed by atoms with Gasteiger partial charge < -0.3 is 0 Å². The summed E-state index contributed by atoms with van der Waals surface area (Å²) in [7, 11) is -5.11. The molecule has 0 radical (unpaired) electrons. The summed E-state index contributed by atoms with van der Waals surface area (Å²) in [5, 5.41) is 1.36. The highest BCUT2D eigenvalue weighted by atomic mass is 32.2. The van der Waals surface area contributed by atoms with Crippen molar-refractivity contribution in [1.29, 1.82) is 0 Å². The van der Waals surface area contributed by atoms with Gasteiger partial charge in [0.15, 0.2) is 0 Å². The Morgan fingerprint density at radius 1 is 0.812 bits per heavy atom. The van der Waals surface area contributed by atoms with E-state index in [0.717, 1.165) is 17.5 Å². The van der Waals surface area contributed by atoms with Gasteiger partial charge in [-0.1, -0.05) is 96.6 Å². The zero-order valence-electron chi connectivity index (χ0n) is 19.7. The van der Waals surface area contributed by atoms with Crippen LogP contribution in [0.1, 0.15) is 40.6 Å². The molecule has 0 aromatic heterocycles. The average molecular weight is 464 g/mol. The minimum atomic E-state index is -3.61. The van der Waals surface area contributed by atoms with Crippen molar-refractivity contribution < 1.29 is 8.42 Å². The fraction of sp³-hybridized carbons (Fsp3) is 0.333. The third-order valence-electron chi connectivity index (χ3n) is 6.57. The Hall–Kier alpha value is -2.21. The Bertz CT molecular complexity index is 1200. The number of hydrogen-bond acceptors (Lipinski definition) is 2. The molecule has 0 N–H and O–H groups in total. The van der Waals surface area contributed by atoms with E-state index < -0.39 is 18.1 Å². The van der Waals surface area contributed by atoms with Crippen LogP contribution in [0.25, 0.3) is 0 Å². The monoisotopic (exact) mass is 463 g/mol. The van der Waals surface area contributed by atoms with Crippen LogP contribution in [0.2, 0.25) is 19.6 Å². The summed E-state index contributed by atoms with van der Waals surface area (Å²) in [5.74, 6) is 0.177. The quantitative estimate of drug-likeness (QED) is 0.451. The van der Waals surface area contributed by atoms with Crippen LogP contribution in [0.3, 0.4) is 0 Å². The molecule has 1 saturated heterocycles. The molecule has 2 atom stereocenters. The largest absolute Gasteiger partial charge is 0.243 e. The minimum Gasteiger partial charge on any atom is -0.207 e. The van der Waals surface area contributed by atoms with Gasteiger partial charge in [0.2, 0.25) is 10.0 Å². The molecule has 3 nitrogen and oxygen atoms in total. The Morgan fingerprint density at radius 2 is 1.41 bits per heavy atom. The second-order valence-corrected chi connectivity index (χ2v) is 17.1. The van der Waals surface area contributed by atoms with Crippen LogP contribution in [0.15, 0.2) is 77.7 Å². The minimum absolute atomic E-state index is 0.163. The summed E-state index contributed by atoms with van der Waals surface area (Å²) >= 11 is 0. The van der Waals surface area contributed by atoms with Gasteiger partial charge in [-0.25, -0.2) is 8.42 Å². The molecule has 0 bridgehead atoms. The number of aryl methyl sites for hydroxylation is 2. The number of rotatable bonds is 5. The molecule has 1 heterocycles. The van der Waals surface area contributed by atoms with E-state index >= 15 is 0 Å². The van der Waals surface area contributed by atoms with Gasteiger partial charge in [-0.15, -0.1) is 0 Å². The maximum Gasteiger partial charge on any atom is 0.243 e. The molecule has 32 heavy (non-hydrogen) atoms. The van der Waals surface area contributed by atoms with E-state index in [0.29, 0.717) is 11.4 Å². The molecule has 2 unspecified atom stereocenters. The Labute approximate surface area is 194 Å². The molecule has 1 aliphatic heterocycles. The molecule has 3 aromatic rings. The first kappa shape index (κ1) is 23.0. The highest BCUT2D eigenvalue weighted by Crippen LogP contribution is 2.43. The van der Waals surface area contributed by atoms with Gasteiger partial charge in [0, 0.05) is 6.54 Å². The summed E-state index contributed by atoms with van der Waals surface area (Å²) in [6.07, 6.45) is 0.795. The predicted octanol–water partition coefficient (Wildman–Crippen LogP) is 5.77. The standard InChI is InChI=1S/C27H33NO2SSi/c1-20-9-13-22(14-10-20)24-18-27(23-7-6-8-26(17-23)32(3,4)5)28(19-24)31(29,30)25-15-11-21(2)12-16-25/h6-17,24,27H,18-19H2,1-5H3. The van der Waals surface area contributed by atoms with Crippen LogP contribution in [0.5, 0.6) is 0 Å². The molecule has 0 aliphatic carbocycles. The van der Waals surface area contributed by atoms with Crippen molar-refractivity contribution in [2.75, 3.05) is 6.54 Å². The second-order valence-electron chi connectivity index (χ2n) is 10.1. The summed E-state index contributed by atoms with van der Waals surface area (Å²) in [6, 6.07) is 24.2. The zero-order chi connectivity index (χ0) is 23.1. The Kier molecular flexibility index (Phi) is 6.18. The van der Waals surface area contributed by atoms with Gasteiger partial charge in [0.25, 0.3) is 0 Å². The van der Waals surface area contributed by atoms with Crippen LogP contribution in [-0.2, 0) is 10.0 Å². The lowest BCUT2D eigenvalue weighted by atomic mass is 9.93. The van der Waals surface area contributed by atoms with Crippen LogP contribution >= 0.6 is 0 Å². The molecule has 1 fully saturated rings. The lowest BCUT2D eigenvalue weighted by Crippen LogP contribution is -2.38. The number of nitrogens with zero attached hydrogens (tertiary/aromatic N) is 1. The van der Waals surface area contributed by atoms with Crippen molar-refractivity contribution in [2.45, 2.75) is 56.8 Å². The predicted molar refractivity (Wildman–Crippen MR) is 136 cm³/mol. The number of benzene rings is 3. The van der Waals surface area contributed by atoms with E-state index in [9.17, 15) is 8.42 Å². The Balaban J connectivity index is 1.77. The van der Waals surface area contributed by atoms with E-state index in [1.165, 1.54) is 16.3 Å². The summed E-state index contributed by atoms with van der Waals surface area (Å²) in [6.45, 7) is 11.5. The topological polar surface area (TPSA) is 37.4 Å². The summed E-state index contributed by atoms with van der Waals surface area (Å²) in [5.41, 5.74) is 4.59. The van der Waals surface area contributed by atoms with E-state index in [2.05, 4.69) is 75.1 Å². The lowest BCUT2D eigenvalue weighted by Gasteiger charge is -2.26. The molecular formula is C27H33NO2SSi. The molecule has 0 amide bonds. The van der Waals surface area contributed by atoms with Crippen molar-refractivity contribution in [1.82, 2.24) is 4.31 Å². The molecule has 168 valence electrons. The fourth-order valence-electron chi connectivity index (χ4n) is 4.51. The third-order valence-corrected chi connectivity index (χ3v) is 10.5. The molecule has 1 aliphatic rings. The van der Waals surface area contributed by atoms with Crippen molar-refractivity contribution in [2.24, 2.45) is 0 Å². The fourth-order valence-corrected chi connectivity index (χ4v) is 7.38. The first-order valence-corrected chi connectivity index (χ1v) is 16.3. The van der Waals surface area contributed by atoms with Gasteiger partial charge >= 0.3 is 0 Å². The molecule has 3 aromatic carbocycles. The van der Waals surface area contributed by atoms with E-state index in [1.54, 1.807) is 16.4 Å². The highest BCUT2D eigenvalue weighted by molar-refractivity contribution is 7.89. The van der Waals surface area contributed by atoms with Gasteiger partial charge in [0.1, 0.15) is 0 Å². The maximum atomic E-state index is 13.8. The molecule has 5 heteroatoms. The normalized spacial score (nSPS) is 19.9. The van der Waals surface area contributed by atoms with Gasteiger partial charge in [-0.2, -0.15) is 4.31 Å². The summed E-state index contributed by atoms with van der Waals surface area (Å²) in [4.78, 5) is 0.374. The Morgan fingerprint density at radius 3 is 2.00 bits per heavy atom. The van der Waals surface area contributed by atoms with Crippen molar-refractivity contribution in [3.8, 4) is 0 Å². The summed E-state index contributed by atoms with van der Waals surface area (Å²) < 4.78 is 29.3. The SMILES string of the molecule is Cc1ccc(C2CC(c3cccc([Si](C)(C)C)c3)N(S(=O)(=O)c3ccc(C)cc3)C2)cc1.